The number of aryl methyl sites for hydroxylation is 1. The average Bonchev–Trinajstić information content (AvgIpc) is 2.59. The van der Waals surface area contributed by atoms with Crippen molar-refractivity contribution in [2.45, 2.75) is 51.6 Å². The minimum absolute atomic E-state index is 0.175. The highest BCUT2D eigenvalue weighted by molar-refractivity contribution is 6.00. The Morgan fingerprint density at radius 2 is 2.05 bits per heavy atom. The van der Waals surface area contributed by atoms with E-state index in [4.69, 9.17) is 0 Å². The van der Waals surface area contributed by atoms with Crippen LogP contribution in [0.4, 0.5) is 5.69 Å². The van der Waals surface area contributed by atoms with E-state index in [1.165, 1.54) is 5.56 Å². The lowest BCUT2D eigenvalue weighted by atomic mass is 9.98. The molecule has 0 radical (unpaired) electrons. The minimum Gasteiger partial charge on any atom is -0.390 e. The maximum absolute atomic E-state index is 11.6. The first kappa shape index (κ1) is 14.1. The van der Waals surface area contributed by atoms with Gasteiger partial charge in [0.25, 0.3) is 0 Å². The van der Waals surface area contributed by atoms with E-state index in [-0.39, 0.29) is 5.91 Å². The van der Waals surface area contributed by atoms with Gasteiger partial charge < -0.3 is 10.0 Å². The number of carbonyl (C=O) groups is 1. The number of unbranched alkanes of at least 4 members (excludes halogenated alkanes) is 1. The predicted octanol–water partition coefficient (Wildman–Crippen LogP) is 2.69. The second kappa shape index (κ2) is 5.33. The van der Waals surface area contributed by atoms with E-state index >= 15 is 0 Å². The Labute approximate surface area is 115 Å². The lowest BCUT2D eigenvalue weighted by Gasteiger charge is -2.16. The number of nitrogens with zero attached hydrogens (tertiary/aromatic N) is 1. The van der Waals surface area contributed by atoms with Gasteiger partial charge >= 0.3 is 0 Å². The van der Waals surface area contributed by atoms with Gasteiger partial charge in [0.15, 0.2) is 0 Å². The Kier molecular flexibility index (Phi) is 3.95. The molecule has 104 valence electrons. The molecular weight excluding hydrogens is 238 g/mol. The number of rotatable bonds is 5. The fourth-order valence-electron chi connectivity index (χ4n) is 2.57. The van der Waals surface area contributed by atoms with E-state index in [1.807, 2.05) is 27.0 Å². The number of likely N-dealkylation sites (N-methyl/N-ethyl adjacent to an activating group) is 1. The Morgan fingerprint density at radius 1 is 1.32 bits per heavy atom. The van der Waals surface area contributed by atoms with Gasteiger partial charge in [0.2, 0.25) is 5.91 Å². The van der Waals surface area contributed by atoms with Crippen molar-refractivity contribution >= 4 is 11.6 Å². The van der Waals surface area contributed by atoms with Crippen molar-refractivity contribution in [3.8, 4) is 0 Å². The monoisotopic (exact) mass is 261 g/mol. The van der Waals surface area contributed by atoms with Gasteiger partial charge in [-0.25, -0.2) is 0 Å². The molecule has 0 bridgehead atoms. The van der Waals surface area contributed by atoms with E-state index in [9.17, 15) is 9.90 Å². The van der Waals surface area contributed by atoms with Gasteiger partial charge in [-0.3, -0.25) is 4.79 Å². The molecule has 2 rings (SSSR count). The highest BCUT2D eigenvalue weighted by Crippen LogP contribution is 2.28. The summed E-state index contributed by atoms with van der Waals surface area (Å²) >= 11 is 0. The van der Waals surface area contributed by atoms with Crippen molar-refractivity contribution in [3.63, 3.8) is 0 Å². The summed E-state index contributed by atoms with van der Waals surface area (Å²) in [5.74, 6) is 0.175. The van der Waals surface area contributed by atoms with E-state index < -0.39 is 5.60 Å². The summed E-state index contributed by atoms with van der Waals surface area (Å²) in [7, 11) is 1.83. The zero-order valence-electron chi connectivity index (χ0n) is 12.1. The fourth-order valence-corrected chi connectivity index (χ4v) is 2.57. The molecule has 1 heterocycles. The molecule has 1 N–H and O–H groups in total. The summed E-state index contributed by atoms with van der Waals surface area (Å²) < 4.78 is 0. The largest absolute Gasteiger partial charge is 0.390 e. The molecule has 0 unspecified atom stereocenters. The molecule has 1 aromatic carbocycles. The lowest BCUT2D eigenvalue weighted by Crippen LogP contribution is -2.20. The maximum Gasteiger partial charge on any atom is 0.231 e. The van der Waals surface area contributed by atoms with Gasteiger partial charge in [-0.15, -0.1) is 0 Å². The Balaban J connectivity index is 1.90. The van der Waals surface area contributed by atoms with Crippen LogP contribution in [-0.4, -0.2) is 23.7 Å². The molecule has 1 aliphatic rings. The smallest absolute Gasteiger partial charge is 0.231 e. The molecule has 0 atom stereocenters. The van der Waals surface area contributed by atoms with Crippen LogP contribution < -0.4 is 4.90 Å². The molecule has 0 fully saturated rings. The van der Waals surface area contributed by atoms with Gasteiger partial charge in [-0.1, -0.05) is 18.6 Å². The van der Waals surface area contributed by atoms with E-state index in [2.05, 4.69) is 12.1 Å². The minimum atomic E-state index is -0.562. The van der Waals surface area contributed by atoms with Crippen LogP contribution in [0.5, 0.6) is 0 Å². The van der Waals surface area contributed by atoms with Crippen molar-refractivity contribution in [1.82, 2.24) is 0 Å². The maximum atomic E-state index is 11.6. The number of amides is 1. The van der Waals surface area contributed by atoms with Gasteiger partial charge in [0, 0.05) is 12.7 Å². The van der Waals surface area contributed by atoms with Gasteiger partial charge in [-0.05, 0) is 50.3 Å². The Hall–Kier alpha value is -1.35. The van der Waals surface area contributed by atoms with Crippen LogP contribution in [0.2, 0.25) is 0 Å². The van der Waals surface area contributed by atoms with Gasteiger partial charge in [-0.2, -0.15) is 0 Å². The number of fused-ring (bicyclic) bond motifs is 1. The lowest BCUT2D eigenvalue weighted by molar-refractivity contribution is -0.117. The molecule has 1 aliphatic heterocycles. The fraction of sp³-hybridized carbons (Fsp3) is 0.562. The van der Waals surface area contributed by atoms with Crippen LogP contribution >= 0.6 is 0 Å². The van der Waals surface area contributed by atoms with Crippen molar-refractivity contribution in [3.05, 3.63) is 29.3 Å². The highest BCUT2D eigenvalue weighted by atomic mass is 16.3. The number of aliphatic hydroxyl groups is 1. The number of hydrogen-bond acceptors (Lipinski definition) is 2. The SMILES string of the molecule is CN1C(=O)Cc2cc(CCCCC(C)(C)O)ccc21. The van der Waals surface area contributed by atoms with Crippen LogP contribution in [0.25, 0.3) is 0 Å². The van der Waals surface area contributed by atoms with Crippen molar-refractivity contribution in [1.29, 1.82) is 0 Å². The molecule has 0 saturated heterocycles. The molecule has 0 saturated carbocycles. The normalized spacial score (nSPS) is 14.9. The summed E-state index contributed by atoms with van der Waals surface area (Å²) in [4.78, 5) is 13.3. The molecule has 0 aliphatic carbocycles. The molecular formula is C16H23NO2. The first-order valence-corrected chi connectivity index (χ1v) is 6.97. The van der Waals surface area contributed by atoms with E-state index in [0.717, 1.165) is 36.9 Å². The number of benzene rings is 1. The Morgan fingerprint density at radius 3 is 2.74 bits per heavy atom. The summed E-state index contributed by atoms with van der Waals surface area (Å²) in [6, 6.07) is 6.31. The average molecular weight is 261 g/mol. The third-order valence-electron chi connectivity index (χ3n) is 3.73. The number of hydrogen-bond donors (Lipinski definition) is 1. The van der Waals surface area contributed by atoms with Crippen molar-refractivity contribution < 1.29 is 9.90 Å². The third kappa shape index (κ3) is 3.57. The van der Waals surface area contributed by atoms with Gasteiger partial charge in [0.1, 0.15) is 0 Å². The first-order chi connectivity index (χ1) is 8.87. The zero-order chi connectivity index (χ0) is 14.0. The third-order valence-corrected chi connectivity index (χ3v) is 3.73. The van der Waals surface area contributed by atoms with E-state index in [1.54, 1.807) is 4.90 Å². The quantitative estimate of drug-likeness (QED) is 0.828. The standard InChI is InChI=1S/C16H23NO2/c1-16(2,19)9-5-4-6-12-7-8-14-13(10-12)11-15(18)17(14)3/h7-8,10,19H,4-6,9,11H2,1-3H3. The highest BCUT2D eigenvalue weighted by Gasteiger charge is 2.23. The summed E-state index contributed by atoms with van der Waals surface area (Å²) in [6.45, 7) is 3.70. The molecule has 0 aromatic heterocycles. The second-order valence-corrected chi connectivity index (χ2v) is 6.11. The first-order valence-electron chi connectivity index (χ1n) is 6.97. The van der Waals surface area contributed by atoms with Gasteiger partial charge in [0.05, 0.1) is 12.0 Å². The molecule has 3 heteroatoms. The topological polar surface area (TPSA) is 40.5 Å². The predicted molar refractivity (Wildman–Crippen MR) is 77.4 cm³/mol. The van der Waals surface area contributed by atoms with Crippen molar-refractivity contribution in [2.75, 3.05) is 11.9 Å². The summed E-state index contributed by atoms with van der Waals surface area (Å²) in [5, 5.41) is 9.66. The van der Waals surface area contributed by atoms with E-state index in [0.29, 0.717) is 6.42 Å². The number of anilines is 1. The molecule has 3 nitrogen and oxygen atoms in total. The van der Waals surface area contributed by atoms with Crippen LogP contribution in [0.3, 0.4) is 0 Å². The molecule has 1 amide bonds. The van der Waals surface area contributed by atoms with Crippen LogP contribution in [0, 0.1) is 0 Å². The second-order valence-electron chi connectivity index (χ2n) is 6.11. The molecule has 1 aromatic rings. The summed E-state index contributed by atoms with van der Waals surface area (Å²) in [5.41, 5.74) is 2.92. The van der Waals surface area contributed by atoms with Crippen LogP contribution in [0.15, 0.2) is 18.2 Å². The van der Waals surface area contributed by atoms with Crippen LogP contribution in [0.1, 0.15) is 44.2 Å². The number of carbonyl (C=O) groups excluding carboxylic acids is 1. The Bertz CT molecular complexity index is 474. The van der Waals surface area contributed by atoms with Crippen LogP contribution in [-0.2, 0) is 17.6 Å². The molecule has 0 spiro atoms. The zero-order valence-corrected chi connectivity index (χ0v) is 12.1. The molecule has 19 heavy (non-hydrogen) atoms. The van der Waals surface area contributed by atoms with Crippen molar-refractivity contribution in [2.24, 2.45) is 0 Å². The summed E-state index contributed by atoms with van der Waals surface area (Å²) in [6.07, 6.45) is 4.48.